The van der Waals surface area contributed by atoms with Gasteiger partial charge in [-0.05, 0) is 6.92 Å². The van der Waals surface area contributed by atoms with Crippen LogP contribution >= 0.6 is 11.6 Å². The van der Waals surface area contributed by atoms with Gasteiger partial charge < -0.3 is 15.5 Å². The molecule has 0 bridgehead atoms. The van der Waals surface area contributed by atoms with Crippen LogP contribution in [0.5, 0.6) is 0 Å². The van der Waals surface area contributed by atoms with Crippen LogP contribution in [0.2, 0.25) is 5.15 Å². The molecule has 0 saturated heterocycles. The standard InChI is InChI=1S/C7H8ClN3O3/c1-2-14-7(13)3-5(9)11-6(12)4(8)10-3/h2H2,1H3,(H3,9,11,12). The maximum Gasteiger partial charge on any atom is 0.360 e. The lowest BCUT2D eigenvalue weighted by molar-refractivity contribution is 0.0520. The number of rotatable bonds is 2. The fourth-order valence-corrected chi connectivity index (χ4v) is 0.929. The quantitative estimate of drug-likeness (QED) is 0.689. The molecule has 1 rings (SSSR count). The van der Waals surface area contributed by atoms with Crippen molar-refractivity contribution in [3.8, 4) is 0 Å². The molecule has 0 aromatic carbocycles. The Kier molecular flexibility index (Phi) is 3.08. The van der Waals surface area contributed by atoms with Gasteiger partial charge in [0.05, 0.1) is 6.61 Å². The van der Waals surface area contributed by atoms with Crippen LogP contribution in [0.25, 0.3) is 0 Å². The highest BCUT2D eigenvalue weighted by atomic mass is 35.5. The summed E-state index contributed by atoms with van der Waals surface area (Å²) in [7, 11) is 0. The monoisotopic (exact) mass is 217 g/mol. The van der Waals surface area contributed by atoms with E-state index >= 15 is 0 Å². The summed E-state index contributed by atoms with van der Waals surface area (Å²) in [5.41, 5.74) is 4.52. The van der Waals surface area contributed by atoms with Gasteiger partial charge in [0, 0.05) is 0 Å². The van der Waals surface area contributed by atoms with Crippen LogP contribution in [0.4, 0.5) is 5.82 Å². The maximum absolute atomic E-state index is 11.2. The number of carbonyl (C=O) groups excluding carboxylic acids is 1. The smallest absolute Gasteiger partial charge is 0.360 e. The summed E-state index contributed by atoms with van der Waals surface area (Å²) < 4.78 is 4.64. The molecule has 1 aromatic rings. The van der Waals surface area contributed by atoms with E-state index in [1.807, 2.05) is 0 Å². The summed E-state index contributed by atoms with van der Waals surface area (Å²) in [4.78, 5) is 27.8. The van der Waals surface area contributed by atoms with Gasteiger partial charge >= 0.3 is 5.97 Å². The molecule has 0 aliphatic heterocycles. The SMILES string of the molecule is CCOC(=O)c1nc(Cl)c(=O)[nH]c1N. The van der Waals surface area contributed by atoms with Crippen molar-refractivity contribution in [2.24, 2.45) is 0 Å². The Morgan fingerprint density at radius 1 is 1.71 bits per heavy atom. The summed E-state index contributed by atoms with van der Waals surface area (Å²) >= 11 is 5.41. The van der Waals surface area contributed by atoms with Gasteiger partial charge in [0.1, 0.15) is 5.82 Å². The minimum atomic E-state index is -0.719. The van der Waals surface area contributed by atoms with Crippen LogP contribution < -0.4 is 11.3 Å². The van der Waals surface area contributed by atoms with E-state index in [2.05, 4.69) is 14.7 Å². The molecule has 0 fully saturated rings. The molecule has 14 heavy (non-hydrogen) atoms. The molecule has 0 saturated carbocycles. The molecule has 1 heterocycles. The minimum absolute atomic E-state index is 0.155. The molecule has 3 N–H and O–H groups in total. The number of nitrogens with two attached hydrogens (primary N) is 1. The number of nitrogens with zero attached hydrogens (tertiary/aromatic N) is 1. The first-order valence-electron chi connectivity index (χ1n) is 3.78. The lowest BCUT2D eigenvalue weighted by Gasteiger charge is -2.03. The summed E-state index contributed by atoms with van der Waals surface area (Å²) in [5, 5.41) is -0.345. The molecule has 1 aromatic heterocycles. The van der Waals surface area contributed by atoms with Gasteiger partial charge in [-0.25, -0.2) is 9.78 Å². The molecule has 0 aliphatic rings. The Hall–Kier alpha value is -1.56. The zero-order valence-corrected chi connectivity index (χ0v) is 8.09. The molecule has 0 radical (unpaired) electrons. The van der Waals surface area contributed by atoms with E-state index in [9.17, 15) is 9.59 Å². The molecule has 7 heteroatoms. The Balaban J connectivity index is 3.16. The van der Waals surface area contributed by atoms with Crippen molar-refractivity contribution in [1.29, 1.82) is 0 Å². The van der Waals surface area contributed by atoms with Crippen LogP contribution in [-0.2, 0) is 4.74 Å². The Morgan fingerprint density at radius 3 is 2.93 bits per heavy atom. The molecule has 0 aliphatic carbocycles. The molecule has 76 valence electrons. The van der Waals surface area contributed by atoms with Crippen molar-refractivity contribution in [3.63, 3.8) is 0 Å². The predicted molar refractivity (Wildman–Crippen MR) is 50.2 cm³/mol. The fourth-order valence-electron chi connectivity index (χ4n) is 0.797. The number of hydrogen-bond donors (Lipinski definition) is 2. The lowest BCUT2D eigenvalue weighted by Crippen LogP contribution is -2.18. The Bertz CT molecular complexity index is 415. The third-order valence-electron chi connectivity index (χ3n) is 1.37. The highest BCUT2D eigenvalue weighted by molar-refractivity contribution is 6.29. The van der Waals surface area contributed by atoms with Crippen molar-refractivity contribution in [2.75, 3.05) is 12.3 Å². The summed E-state index contributed by atoms with van der Waals surface area (Å²) in [5.74, 6) is -0.874. The third-order valence-corrected chi connectivity index (χ3v) is 1.63. The highest BCUT2D eigenvalue weighted by Crippen LogP contribution is 2.07. The maximum atomic E-state index is 11.2. The van der Waals surface area contributed by atoms with Crippen LogP contribution in [0.1, 0.15) is 17.4 Å². The van der Waals surface area contributed by atoms with Crippen LogP contribution in [0.15, 0.2) is 4.79 Å². The van der Waals surface area contributed by atoms with Crippen molar-refractivity contribution >= 4 is 23.4 Å². The van der Waals surface area contributed by atoms with E-state index in [0.29, 0.717) is 0 Å². The predicted octanol–water partition coefficient (Wildman–Crippen LogP) is 0.182. The number of nitrogen functional groups attached to an aromatic ring is 1. The average molecular weight is 218 g/mol. The normalized spacial score (nSPS) is 9.86. The number of ether oxygens (including phenoxy) is 1. The lowest BCUT2D eigenvalue weighted by atomic mass is 10.4. The number of hydrogen-bond acceptors (Lipinski definition) is 5. The number of H-pyrrole nitrogens is 1. The molecule has 0 spiro atoms. The van der Waals surface area contributed by atoms with E-state index in [1.54, 1.807) is 6.92 Å². The highest BCUT2D eigenvalue weighted by Gasteiger charge is 2.15. The number of nitrogens with one attached hydrogen (secondary N) is 1. The second kappa shape index (κ2) is 4.10. The number of aromatic amines is 1. The van der Waals surface area contributed by atoms with Gasteiger partial charge in [0.2, 0.25) is 0 Å². The van der Waals surface area contributed by atoms with Crippen LogP contribution in [0, 0.1) is 0 Å². The van der Waals surface area contributed by atoms with E-state index < -0.39 is 11.5 Å². The van der Waals surface area contributed by atoms with Gasteiger partial charge in [-0.1, -0.05) is 11.6 Å². The second-order valence-corrected chi connectivity index (χ2v) is 2.70. The molecular weight excluding hydrogens is 210 g/mol. The fraction of sp³-hybridized carbons (Fsp3) is 0.286. The Morgan fingerprint density at radius 2 is 2.36 bits per heavy atom. The largest absolute Gasteiger partial charge is 0.461 e. The molecule has 0 unspecified atom stereocenters. The van der Waals surface area contributed by atoms with E-state index in [1.165, 1.54) is 0 Å². The van der Waals surface area contributed by atoms with E-state index in [0.717, 1.165) is 0 Å². The average Bonchev–Trinajstić information content (AvgIpc) is 2.11. The number of carbonyl (C=O) groups is 1. The zero-order chi connectivity index (χ0) is 10.7. The van der Waals surface area contributed by atoms with E-state index in [-0.39, 0.29) is 23.3 Å². The van der Waals surface area contributed by atoms with Crippen LogP contribution in [-0.4, -0.2) is 22.5 Å². The first-order valence-corrected chi connectivity index (χ1v) is 4.16. The van der Waals surface area contributed by atoms with Crippen molar-refractivity contribution < 1.29 is 9.53 Å². The van der Waals surface area contributed by atoms with Crippen molar-refractivity contribution in [2.45, 2.75) is 6.92 Å². The van der Waals surface area contributed by atoms with Gasteiger partial charge in [0.25, 0.3) is 5.56 Å². The van der Waals surface area contributed by atoms with Gasteiger partial charge in [-0.15, -0.1) is 0 Å². The first kappa shape index (κ1) is 10.5. The van der Waals surface area contributed by atoms with Gasteiger partial charge in [0.15, 0.2) is 10.8 Å². The Labute approximate surface area is 84.0 Å². The molecular formula is C7H8ClN3O3. The summed E-state index contributed by atoms with van der Waals surface area (Å²) in [6, 6.07) is 0. The molecule has 0 atom stereocenters. The van der Waals surface area contributed by atoms with E-state index in [4.69, 9.17) is 17.3 Å². The number of esters is 1. The zero-order valence-electron chi connectivity index (χ0n) is 7.33. The molecule has 6 nitrogen and oxygen atoms in total. The second-order valence-electron chi connectivity index (χ2n) is 2.34. The minimum Gasteiger partial charge on any atom is -0.461 e. The van der Waals surface area contributed by atoms with Crippen molar-refractivity contribution in [1.82, 2.24) is 9.97 Å². The van der Waals surface area contributed by atoms with Crippen LogP contribution in [0.3, 0.4) is 0 Å². The summed E-state index contributed by atoms with van der Waals surface area (Å²) in [6.45, 7) is 1.83. The third kappa shape index (κ3) is 2.02. The molecule has 0 amide bonds. The van der Waals surface area contributed by atoms with Gasteiger partial charge in [-0.2, -0.15) is 0 Å². The summed E-state index contributed by atoms with van der Waals surface area (Å²) in [6.07, 6.45) is 0. The number of halogens is 1. The topological polar surface area (TPSA) is 98.1 Å². The van der Waals surface area contributed by atoms with Crippen molar-refractivity contribution in [3.05, 3.63) is 21.2 Å². The van der Waals surface area contributed by atoms with Gasteiger partial charge in [-0.3, -0.25) is 4.79 Å². The number of aromatic nitrogens is 2. The first-order chi connectivity index (χ1) is 6.56. The number of anilines is 1.